The Morgan fingerprint density at radius 3 is 2.78 bits per heavy atom. The lowest BCUT2D eigenvalue weighted by Crippen LogP contribution is -2.28. The molecule has 0 radical (unpaired) electrons. The average molecular weight is 268 g/mol. The standard InChI is InChI=1S/C14H18ClNO2/c1-9-6-12(9)14(17)16(2)8-10-7-11(15)4-5-13(10)18-3/h4-5,7,9,12H,6,8H2,1-3H3/t9-,12+/m0/s1. The van der Waals surface area contributed by atoms with Crippen molar-refractivity contribution < 1.29 is 9.53 Å². The molecule has 1 aliphatic carbocycles. The molecule has 0 heterocycles. The molecule has 0 aliphatic heterocycles. The lowest BCUT2D eigenvalue weighted by atomic mass is 10.2. The molecule has 0 N–H and O–H groups in total. The minimum absolute atomic E-state index is 0.208. The molecule has 0 bridgehead atoms. The Balaban J connectivity index is 2.08. The van der Waals surface area contributed by atoms with E-state index in [1.165, 1.54) is 0 Å². The Labute approximate surface area is 113 Å². The van der Waals surface area contributed by atoms with Crippen LogP contribution < -0.4 is 4.74 Å². The second-order valence-electron chi connectivity index (χ2n) is 4.97. The molecule has 2 atom stereocenters. The summed E-state index contributed by atoms with van der Waals surface area (Å²) >= 11 is 5.98. The van der Waals surface area contributed by atoms with Gasteiger partial charge in [0.15, 0.2) is 0 Å². The SMILES string of the molecule is COc1ccc(Cl)cc1CN(C)C(=O)[C@@H]1C[C@@H]1C. The molecule has 1 aromatic rings. The van der Waals surface area contributed by atoms with Crippen LogP contribution in [0.4, 0.5) is 0 Å². The molecule has 98 valence electrons. The van der Waals surface area contributed by atoms with Gasteiger partial charge < -0.3 is 9.64 Å². The van der Waals surface area contributed by atoms with Crippen LogP contribution in [-0.4, -0.2) is 25.0 Å². The molecule has 1 aromatic carbocycles. The summed E-state index contributed by atoms with van der Waals surface area (Å²) < 4.78 is 5.28. The zero-order chi connectivity index (χ0) is 13.3. The topological polar surface area (TPSA) is 29.5 Å². The highest BCUT2D eigenvalue weighted by Crippen LogP contribution is 2.39. The Bertz CT molecular complexity index is 461. The predicted molar refractivity (Wildman–Crippen MR) is 71.7 cm³/mol. The van der Waals surface area contributed by atoms with E-state index in [0.717, 1.165) is 17.7 Å². The molecule has 0 unspecified atom stereocenters. The van der Waals surface area contributed by atoms with Crippen molar-refractivity contribution in [3.63, 3.8) is 0 Å². The summed E-state index contributed by atoms with van der Waals surface area (Å²) in [5, 5.41) is 0.659. The van der Waals surface area contributed by atoms with Crippen molar-refractivity contribution in [1.29, 1.82) is 0 Å². The van der Waals surface area contributed by atoms with Crippen LogP contribution in [0.5, 0.6) is 5.75 Å². The first-order chi connectivity index (χ1) is 8.52. The van der Waals surface area contributed by atoms with Gasteiger partial charge in [0.25, 0.3) is 0 Å². The highest BCUT2D eigenvalue weighted by Gasteiger charge is 2.40. The molecule has 1 aliphatic rings. The van der Waals surface area contributed by atoms with E-state index in [2.05, 4.69) is 6.92 Å². The fourth-order valence-electron chi connectivity index (χ4n) is 2.15. The number of hydrogen-bond acceptors (Lipinski definition) is 2. The van der Waals surface area contributed by atoms with Crippen molar-refractivity contribution in [3.8, 4) is 5.75 Å². The highest BCUT2D eigenvalue weighted by molar-refractivity contribution is 6.30. The summed E-state index contributed by atoms with van der Waals surface area (Å²) in [6.45, 7) is 2.64. The van der Waals surface area contributed by atoms with Crippen molar-refractivity contribution in [3.05, 3.63) is 28.8 Å². The lowest BCUT2D eigenvalue weighted by molar-refractivity contribution is -0.132. The van der Waals surface area contributed by atoms with Crippen LogP contribution in [0.25, 0.3) is 0 Å². The Morgan fingerprint density at radius 1 is 1.56 bits per heavy atom. The fraction of sp³-hybridized carbons (Fsp3) is 0.500. The van der Waals surface area contributed by atoms with Crippen LogP contribution in [0, 0.1) is 11.8 Å². The number of amides is 1. The molecular weight excluding hydrogens is 250 g/mol. The summed E-state index contributed by atoms with van der Waals surface area (Å²) in [7, 11) is 3.45. The number of carbonyl (C=O) groups is 1. The van der Waals surface area contributed by atoms with Gasteiger partial charge in [-0.3, -0.25) is 4.79 Å². The molecule has 1 fully saturated rings. The van der Waals surface area contributed by atoms with E-state index in [1.54, 1.807) is 18.1 Å². The minimum atomic E-state index is 0.208. The maximum absolute atomic E-state index is 12.1. The van der Waals surface area contributed by atoms with Crippen molar-refractivity contribution in [2.45, 2.75) is 19.9 Å². The molecule has 0 aromatic heterocycles. The van der Waals surface area contributed by atoms with Crippen molar-refractivity contribution in [2.75, 3.05) is 14.2 Å². The zero-order valence-electron chi connectivity index (χ0n) is 10.9. The Kier molecular flexibility index (Phi) is 3.81. The molecule has 2 rings (SSSR count). The fourth-order valence-corrected chi connectivity index (χ4v) is 2.35. The van der Waals surface area contributed by atoms with Crippen molar-refractivity contribution in [1.82, 2.24) is 4.90 Å². The van der Waals surface area contributed by atoms with Gasteiger partial charge in [0, 0.05) is 30.1 Å². The maximum Gasteiger partial charge on any atom is 0.226 e. The third-order valence-corrected chi connectivity index (χ3v) is 3.69. The third kappa shape index (κ3) is 2.78. The van der Waals surface area contributed by atoms with Crippen molar-refractivity contribution in [2.24, 2.45) is 11.8 Å². The van der Waals surface area contributed by atoms with Crippen LogP contribution in [-0.2, 0) is 11.3 Å². The first kappa shape index (κ1) is 13.2. The van der Waals surface area contributed by atoms with E-state index in [-0.39, 0.29) is 11.8 Å². The number of benzene rings is 1. The summed E-state index contributed by atoms with van der Waals surface area (Å²) in [6.07, 6.45) is 1.01. The molecule has 0 spiro atoms. The number of rotatable bonds is 4. The largest absolute Gasteiger partial charge is 0.496 e. The second-order valence-corrected chi connectivity index (χ2v) is 5.41. The summed E-state index contributed by atoms with van der Waals surface area (Å²) in [6, 6.07) is 5.46. The molecule has 4 heteroatoms. The first-order valence-electron chi connectivity index (χ1n) is 6.10. The van der Waals surface area contributed by atoms with Gasteiger partial charge in [-0.25, -0.2) is 0 Å². The number of carbonyl (C=O) groups excluding carboxylic acids is 1. The van der Waals surface area contributed by atoms with Gasteiger partial charge in [-0.1, -0.05) is 18.5 Å². The van der Waals surface area contributed by atoms with E-state index in [1.807, 2.05) is 19.2 Å². The smallest absolute Gasteiger partial charge is 0.226 e. The second kappa shape index (κ2) is 5.19. The van der Waals surface area contributed by atoms with Gasteiger partial charge in [-0.05, 0) is 30.5 Å². The van der Waals surface area contributed by atoms with Crippen LogP contribution in [0.1, 0.15) is 18.9 Å². The van der Waals surface area contributed by atoms with E-state index in [4.69, 9.17) is 16.3 Å². The van der Waals surface area contributed by atoms with E-state index >= 15 is 0 Å². The van der Waals surface area contributed by atoms with E-state index in [0.29, 0.717) is 17.5 Å². The Morgan fingerprint density at radius 2 is 2.22 bits per heavy atom. The van der Waals surface area contributed by atoms with Crippen molar-refractivity contribution >= 4 is 17.5 Å². The average Bonchev–Trinajstić information content (AvgIpc) is 3.05. The predicted octanol–water partition coefficient (Wildman–Crippen LogP) is 2.96. The molecule has 3 nitrogen and oxygen atoms in total. The summed E-state index contributed by atoms with van der Waals surface area (Å²) in [5.74, 6) is 1.72. The van der Waals surface area contributed by atoms with Gasteiger partial charge in [0.2, 0.25) is 5.91 Å². The third-order valence-electron chi connectivity index (χ3n) is 3.45. The van der Waals surface area contributed by atoms with Gasteiger partial charge in [-0.15, -0.1) is 0 Å². The summed E-state index contributed by atoms with van der Waals surface area (Å²) in [4.78, 5) is 13.8. The zero-order valence-corrected chi connectivity index (χ0v) is 11.7. The van der Waals surface area contributed by atoms with Crippen LogP contribution in [0.15, 0.2) is 18.2 Å². The molecule has 0 saturated heterocycles. The lowest BCUT2D eigenvalue weighted by Gasteiger charge is -2.19. The Hall–Kier alpha value is -1.22. The first-order valence-corrected chi connectivity index (χ1v) is 6.48. The van der Waals surface area contributed by atoms with Gasteiger partial charge in [0.05, 0.1) is 7.11 Å². The van der Waals surface area contributed by atoms with Crippen LogP contribution in [0.2, 0.25) is 5.02 Å². The van der Waals surface area contributed by atoms with Crippen LogP contribution in [0.3, 0.4) is 0 Å². The molecule has 1 saturated carbocycles. The maximum atomic E-state index is 12.1. The summed E-state index contributed by atoms with van der Waals surface area (Å²) in [5.41, 5.74) is 0.939. The van der Waals surface area contributed by atoms with E-state index in [9.17, 15) is 4.79 Å². The minimum Gasteiger partial charge on any atom is -0.496 e. The quantitative estimate of drug-likeness (QED) is 0.839. The monoisotopic (exact) mass is 267 g/mol. The number of nitrogens with zero attached hydrogens (tertiary/aromatic N) is 1. The molecule has 18 heavy (non-hydrogen) atoms. The van der Waals surface area contributed by atoms with Gasteiger partial charge >= 0.3 is 0 Å². The number of ether oxygens (including phenoxy) is 1. The van der Waals surface area contributed by atoms with Gasteiger partial charge in [0.1, 0.15) is 5.75 Å². The van der Waals surface area contributed by atoms with E-state index < -0.39 is 0 Å². The number of hydrogen-bond donors (Lipinski definition) is 0. The number of halogens is 1. The molecular formula is C14H18ClNO2. The molecule has 1 amide bonds. The highest BCUT2D eigenvalue weighted by atomic mass is 35.5. The normalized spacial score (nSPS) is 21.6. The van der Waals surface area contributed by atoms with Gasteiger partial charge in [-0.2, -0.15) is 0 Å². The number of methoxy groups -OCH3 is 1. The van der Waals surface area contributed by atoms with Crippen LogP contribution >= 0.6 is 11.6 Å².